The molecule has 0 fully saturated rings. The molecule has 2 N–H and O–H groups in total. The van der Waals surface area contributed by atoms with Gasteiger partial charge < -0.3 is 10.0 Å². The zero-order valence-corrected chi connectivity index (χ0v) is 12.5. The molecular formula is C9H13F7N2O4S. The van der Waals surface area contributed by atoms with Gasteiger partial charge in [0.1, 0.15) is 6.04 Å². The minimum atomic E-state index is -6.91. The lowest BCUT2D eigenvalue weighted by Gasteiger charge is -2.29. The average molecular weight is 378 g/mol. The molecule has 6 nitrogen and oxygen atoms in total. The molecule has 0 radical (unpaired) electrons. The SMILES string of the molecule is CN(C)CCC(NS(=O)(=O)C(F)(F)C(F)(F)C(F)(F)F)C(=O)O. The van der Waals surface area contributed by atoms with Crippen molar-refractivity contribution in [2.75, 3.05) is 20.6 Å². The molecule has 0 aromatic carbocycles. The van der Waals surface area contributed by atoms with Gasteiger partial charge in [0.15, 0.2) is 0 Å². The van der Waals surface area contributed by atoms with E-state index in [0.717, 1.165) is 0 Å². The molecule has 0 heterocycles. The maximum atomic E-state index is 13.2. The van der Waals surface area contributed by atoms with Crippen molar-refractivity contribution in [3.8, 4) is 0 Å². The van der Waals surface area contributed by atoms with Crippen LogP contribution >= 0.6 is 0 Å². The smallest absolute Gasteiger partial charge is 0.461 e. The summed E-state index contributed by atoms with van der Waals surface area (Å²) in [5, 5.41) is 2.08. The van der Waals surface area contributed by atoms with Gasteiger partial charge in [-0.3, -0.25) is 4.79 Å². The first-order chi connectivity index (χ1) is 9.97. The van der Waals surface area contributed by atoms with Gasteiger partial charge in [0, 0.05) is 0 Å². The lowest BCUT2D eigenvalue weighted by atomic mass is 10.2. The molecule has 0 aromatic rings. The summed E-state index contributed by atoms with van der Waals surface area (Å²) in [4.78, 5) is 12.1. The Hall–Kier alpha value is -1.15. The van der Waals surface area contributed by atoms with Crippen molar-refractivity contribution in [2.24, 2.45) is 0 Å². The lowest BCUT2D eigenvalue weighted by Crippen LogP contribution is -2.60. The van der Waals surface area contributed by atoms with E-state index < -0.39 is 45.8 Å². The van der Waals surface area contributed by atoms with Gasteiger partial charge in [-0.2, -0.15) is 35.5 Å². The average Bonchev–Trinajstić information content (AvgIpc) is 2.31. The molecule has 1 atom stereocenters. The van der Waals surface area contributed by atoms with E-state index in [1.807, 2.05) is 0 Å². The fraction of sp³-hybridized carbons (Fsp3) is 0.889. The number of nitrogens with zero attached hydrogens (tertiary/aromatic N) is 1. The van der Waals surface area contributed by atoms with Crippen molar-refractivity contribution >= 4 is 16.0 Å². The molecule has 138 valence electrons. The number of carboxylic acid groups (broad SMARTS) is 1. The fourth-order valence-electron chi connectivity index (χ4n) is 1.22. The van der Waals surface area contributed by atoms with Crippen molar-refractivity contribution in [3.63, 3.8) is 0 Å². The zero-order chi connectivity index (χ0) is 18.9. The van der Waals surface area contributed by atoms with Crippen LogP contribution in [-0.4, -0.2) is 68.4 Å². The Balaban J connectivity index is 5.57. The molecular weight excluding hydrogens is 365 g/mol. The van der Waals surface area contributed by atoms with Crippen LogP contribution < -0.4 is 4.72 Å². The Morgan fingerprint density at radius 1 is 1.13 bits per heavy atom. The molecule has 23 heavy (non-hydrogen) atoms. The third-order valence-corrected chi connectivity index (χ3v) is 4.05. The highest BCUT2D eigenvalue weighted by molar-refractivity contribution is 7.90. The number of nitrogens with one attached hydrogen (secondary N) is 1. The molecule has 14 heteroatoms. The van der Waals surface area contributed by atoms with Crippen LogP contribution in [0, 0.1) is 0 Å². The Bertz CT molecular complexity index is 533. The Labute approximate surface area is 126 Å². The number of hydrogen-bond donors (Lipinski definition) is 2. The van der Waals surface area contributed by atoms with Crippen LogP contribution in [0.15, 0.2) is 0 Å². The van der Waals surface area contributed by atoms with Crippen LogP contribution in [0.4, 0.5) is 30.7 Å². The van der Waals surface area contributed by atoms with Crippen LogP contribution in [0.2, 0.25) is 0 Å². The molecule has 0 rings (SSSR count). The number of aliphatic carboxylic acids is 1. The number of carbonyl (C=O) groups is 1. The summed E-state index contributed by atoms with van der Waals surface area (Å²) in [5.41, 5.74) is 0. The monoisotopic (exact) mass is 378 g/mol. The van der Waals surface area contributed by atoms with E-state index in [-0.39, 0.29) is 6.54 Å². The van der Waals surface area contributed by atoms with E-state index in [2.05, 4.69) is 0 Å². The number of rotatable bonds is 8. The quantitative estimate of drug-likeness (QED) is 0.618. The highest BCUT2D eigenvalue weighted by Gasteiger charge is 2.78. The normalized spacial score (nSPS) is 15.7. The summed E-state index contributed by atoms with van der Waals surface area (Å²) in [6, 6.07) is -2.31. The highest BCUT2D eigenvalue weighted by atomic mass is 32.2. The van der Waals surface area contributed by atoms with Gasteiger partial charge in [-0.25, -0.2) is 8.42 Å². The van der Waals surface area contributed by atoms with Gasteiger partial charge in [-0.15, -0.1) is 0 Å². The van der Waals surface area contributed by atoms with Crippen molar-refractivity contribution in [3.05, 3.63) is 0 Å². The standard InChI is InChI=1S/C9H13F7N2O4S/c1-18(2)4-3-5(6(19)20)17-23(21,22)9(15,16)7(10,11)8(12,13)14/h5,17H,3-4H2,1-2H3,(H,19,20). The van der Waals surface area contributed by atoms with Crippen molar-refractivity contribution in [1.29, 1.82) is 0 Å². The second kappa shape index (κ2) is 6.76. The first kappa shape index (κ1) is 21.9. The topological polar surface area (TPSA) is 86.7 Å². The molecule has 0 spiro atoms. The Morgan fingerprint density at radius 2 is 1.57 bits per heavy atom. The molecule has 0 saturated carbocycles. The van der Waals surface area contributed by atoms with Crippen LogP contribution in [0.5, 0.6) is 0 Å². The molecule has 0 saturated heterocycles. The van der Waals surface area contributed by atoms with Gasteiger partial charge >= 0.3 is 23.3 Å². The lowest BCUT2D eigenvalue weighted by molar-refractivity contribution is -0.332. The van der Waals surface area contributed by atoms with Gasteiger partial charge in [-0.1, -0.05) is 0 Å². The van der Waals surface area contributed by atoms with Crippen LogP contribution in [0.3, 0.4) is 0 Å². The largest absolute Gasteiger partial charge is 0.480 e. The maximum Gasteiger partial charge on any atom is 0.461 e. The summed E-state index contributed by atoms with van der Waals surface area (Å²) >= 11 is 0. The van der Waals surface area contributed by atoms with Gasteiger partial charge in [0.2, 0.25) is 0 Å². The van der Waals surface area contributed by atoms with Crippen molar-refractivity contribution in [1.82, 2.24) is 9.62 Å². The minimum Gasteiger partial charge on any atom is -0.480 e. The van der Waals surface area contributed by atoms with E-state index in [0.29, 0.717) is 4.72 Å². The maximum absolute atomic E-state index is 13.2. The predicted octanol–water partition coefficient (Wildman–Crippen LogP) is 1.10. The number of halogens is 7. The van der Waals surface area contributed by atoms with E-state index in [4.69, 9.17) is 5.11 Å². The van der Waals surface area contributed by atoms with E-state index in [1.165, 1.54) is 19.0 Å². The van der Waals surface area contributed by atoms with Gasteiger partial charge in [0.25, 0.3) is 10.0 Å². The number of carboxylic acids is 1. The minimum absolute atomic E-state index is 0.166. The third kappa shape index (κ3) is 4.67. The summed E-state index contributed by atoms with van der Waals surface area (Å²) in [5.74, 6) is -8.92. The van der Waals surface area contributed by atoms with Crippen LogP contribution in [-0.2, 0) is 14.8 Å². The second-order valence-corrected chi connectivity index (χ2v) is 6.45. The summed E-state index contributed by atoms with van der Waals surface area (Å²) in [7, 11) is -3.84. The molecule has 0 bridgehead atoms. The van der Waals surface area contributed by atoms with E-state index >= 15 is 0 Å². The summed E-state index contributed by atoms with van der Waals surface area (Å²) < 4.78 is 111. The van der Waals surface area contributed by atoms with Crippen molar-refractivity contribution in [2.45, 2.75) is 29.8 Å². The molecule has 0 aliphatic heterocycles. The first-order valence-electron chi connectivity index (χ1n) is 5.69. The van der Waals surface area contributed by atoms with Crippen LogP contribution in [0.25, 0.3) is 0 Å². The zero-order valence-electron chi connectivity index (χ0n) is 11.7. The number of sulfonamides is 1. The van der Waals surface area contributed by atoms with Gasteiger partial charge in [-0.05, 0) is 27.1 Å². The molecule has 0 aliphatic rings. The van der Waals surface area contributed by atoms with E-state index in [9.17, 15) is 43.9 Å². The second-order valence-electron chi connectivity index (χ2n) is 4.69. The highest BCUT2D eigenvalue weighted by Crippen LogP contribution is 2.48. The molecule has 0 amide bonds. The number of hydrogen-bond acceptors (Lipinski definition) is 4. The van der Waals surface area contributed by atoms with Gasteiger partial charge in [0.05, 0.1) is 0 Å². The molecule has 0 aromatic heterocycles. The fourth-order valence-corrected chi connectivity index (χ4v) is 2.41. The Morgan fingerprint density at radius 3 is 1.87 bits per heavy atom. The predicted molar refractivity (Wildman–Crippen MR) is 62.6 cm³/mol. The molecule has 1 unspecified atom stereocenters. The Kier molecular flexibility index (Phi) is 6.43. The molecule has 0 aliphatic carbocycles. The number of alkyl halides is 7. The van der Waals surface area contributed by atoms with Crippen LogP contribution in [0.1, 0.15) is 6.42 Å². The third-order valence-electron chi connectivity index (χ3n) is 2.52. The summed E-state index contributed by atoms with van der Waals surface area (Å²) in [6.45, 7) is -0.166. The van der Waals surface area contributed by atoms with Crippen molar-refractivity contribution < 1.29 is 49.1 Å². The summed E-state index contributed by atoms with van der Waals surface area (Å²) in [6.07, 6.45) is -7.50. The first-order valence-corrected chi connectivity index (χ1v) is 7.17. The van der Waals surface area contributed by atoms with E-state index in [1.54, 1.807) is 0 Å².